The van der Waals surface area contributed by atoms with Crippen LogP contribution in [-0.4, -0.2) is 26.8 Å². The van der Waals surface area contributed by atoms with Gasteiger partial charge in [-0.25, -0.2) is 8.42 Å². The van der Waals surface area contributed by atoms with Gasteiger partial charge in [0.2, 0.25) is 11.8 Å². The highest BCUT2D eigenvalue weighted by Gasteiger charge is 2.08. The predicted octanol–water partition coefficient (Wildman–Crippen LogP) is 1.87. The molecule has 6 nitrogen and oxygen atoms in total. The van der Waals surface area contributed by atoms with Gasteiger partial charge in [0.05, 0.1) is 17.7 Å². The molecule has 7 heteroatoms. The van der Waals surface area contributed by atoms with Gasteiger partial charge in [-0.15, -0.1) is 0 Å². The molecule has 0 saturated heterocycles. The third kappa shape index (κ3) is 3.18. The van der Waals surface area contributed by atoms with Gasteiger partial charge in [-0.3, -0.25) is 0 Å². The summed E-state index contributed by atoms with van der Waals surface area (Å²) in [5.41, 5.74) is 6.06. The Labute approximate surface area is 117 Å². The van der Waals surface area contributed by atoms with E-state index in [1.54, 1.807) is 24.3 Å². The molecule has 0 bridgehead atoms. The molecule has 20 heavy (non-hydrogen) atoms. The van der Waals surface area contributed by atoms with Gasteiger partial charge in [0.25, 0.3) is 0 Å². The molecule has 0 saturated carbocycles. The fourth-order valence-electron chi connectivity index (χ4n) is 1.53. The van der Waals surface area contributed by atoms with E-state index in [1.807, 2.05) is 0 Å². The first-order chi connectivity index (χ1) is 9.40. The largest absolute Gasteiger partial charge is 0.479 e. The van der Waals surface area contributed by atoms with Crippen molar-refractivity contribution in [2.75, 3.05) is 19.1 Å². The number of pyridine rings is 1. The molecule has 0 fully saturated rings. The Morgan fingerprint density at radius 2 is 1.75 bits per heavy atom. The molecule has 1 heterocycles. The van der Waals surface area contributed by atoms with Crippen LogP contribution < -0.4 is 15.2 Å². The molecule has 106 valence electrons. The maximum Gasteiger partial charge on any atom is 0.240 e. The lowest BCUT2D eigenvalue weighted by Crippen LogP contribution is -1.98. The maximum absolute atomic E-state index is 11.3. The van der Waals surface area contributed by atoms with Gasteiger partial charge in [0.1, 0.15) is 5.75 Å². The van der Waals surface area contributed by atoms with Crippen molar-refractivity contribution in [3.8, 4) is 17.5 Å². The quantitative estimate of drug-likeness (QED) is 0.925. The van der Waals surface area contributed by atoms with E-state index in [4.69, 9.17) is 15.2 Å². The van der Waals surface area contributed by atoms with Gasteiger partial charge in [-0.2, -0.15) is 4.98 Å². The smallest absolute Gasteiger partial charge is 0.240 e. The molecule has 0 aliphatic carbocycles. The molecule has 0 atom stereocenters. The average molecular weight is 294 g/mol. The standard InChI is InChI=1S/C13H14N2O4S/c1-18-13-11(14)7-8-12(15-13)19-9-3-5-10(6-4-9)20(2,16)17/h3-8H,14H2,1-2H3. The van der Waals surface area contributed by atoms with Gasteiger partial charge in [-0.05, 0) is 30.3 Å². The van der Waals surface area contributed by atoms with Gasteiger partial charge in [-0.1, -0.05) is 0 Å². The third-order valence-corrected chi connectivity index (χ3v) is 3.66. The molecule has 2 rings (SSSR count). The molecule has 0 aliphatic rings. The number of hydrogen-bond acceptors (Lipinski definition) is 6. The molecule has 1 aromatic carbocycles. The zero-order valence-corrected chi connectivity index (χ0v) is 11.8. The number of rotatable bonds is 4. The second-order valence-electron chi connectivity index (χ2n) is 4.09. The van der Waals surface area contributed by atoms with E-state index < -0.39 is 9.84 Å². The van der Waals surface area contributed by atoms with Crippen LogP contribution in [0.2, 0.25) is 0 Å². The molecular formula is C13H14N2O4S. The first-order valence-electron chi connectivity index (χ1n) is 5.68. The molecule has 0 radical (unpaired) electrons. The molecule has 0 spiro atoms. The number of sulfone groups is 1. The van der Waals surface area contributed by atoms with Crippen molar-refractivity contribution in [3.05, 3.63) is 36.4 Å². The third-order valence-electron chi connectivity index (χ3n) is 2.53. The van der Waals surface area contributed by atoms with Crippen LogP contribution in [0.25, 0.3) is 0 Å². The topological polar surface area (TPSA) is 91.5 Å². The Hall–Kier alpha value is -2.28. The number of benzene rings is 1. The first kappa shape index (κ1) is 14.1. The molecular weight excluding hydrogens is 280 g/mol. The summed E-state index contributed by atoms with van der Waals surface area (Å²) in [5, 5.41) is 0. The Balaban J connectivity index is 2.22. The van der Waals surface area contributed by atoms with Gasteiger partial charge in [0, 0.05) is 12.3 Å². The number of hydrogen-bond donors (Lipinski definition) is 1. The number of nitrogens with two attached hydrogens (primary N) is 1. The monoisotopic (exact) mass is 294 g/mol. The average Bonchev–Trinajstić information content (AvgIpc) is 2.40. The highest BCUT2D eigenvalue weighted by Crippen LogP contribution is 2.26. The van der Waals surface area contributed by atoms with E-state index >= 15 is 0 Å². The summed E-state index contributed by atoms with van der Waals surface area (Å²) >= 11 is 0. The predicted molar refractivity (Wildman–Crippen MR) is 74.8 cm³/mol. The second kappa shape index (κ2) is 5.38. The number of aromatic nitrogens is 1. The summed E-state index contributed by atoms with van der Waals surface area (Å²) in [6, 6.07) is 9.27. The Bertz CT molecular complexity index is 712. The minimum Gasteiger partial charge on any atom is -0.479 e. The number of methoxy groups -OCH3 is 1. The summed E-state index contributed by atoms with van der Waals surface area (Å²) in [4.78, 5) is 4.30. The molecule has 0 aliphatic heterocycles. The van der Waals surface area contributed by atoms with E-state index in [-0.39, 0.29) is 10.8 Å². The van der Waals surface area contributed by atoms with Crippen LogP contribution in [0.5, 0.6) is 17.5 Å². The minimum atomic E-state index is -3.22. The van der Waals surface area contributed by atoms with Gasteiger partial charge >= 0.3 is 0 Å². The Morgan fingerprint density at radius 1 is 1.10 bits per heavy atom. The van der Waals surface area contributed by atoms with Crippen molar-refractivity contribution in [2.24, 2.45) is 0 Å². The fraction of sp³-hybridized carbons (Fsp3) is 0.154. The minimum absolute atomic E-state index is 0.229. The fourth-order valence-corrected chi connectivity index (χ4v) is 2.16. The van der Waals surface area contributed by atoms with E-state index in [2.05, 4.69) is 4.98 Å². The molecule has 2 aromatic rings. The first-order valence-corrected chi connectivity index (χ1v) is 7.58. The zero-order valence-electron chi connectivity index (χ0n) is 11.0. The number of nitrogen functional groups attached to an aromatic ring is 1. The second-order valence-corrected chi connectivity index (χ2v) is 6.11. The number of anilines is 1. The van der Waals surface area contributed by atoms with Crippen LogP contribution in [0, 0.1) is 0 Å². The van der Waals surface area contributed by atoms with E-state index in [9.17, 15) is 8.42 Å². The normalized spacial score (nSPS) is 11.1. The lowest BCUT2D eigenvalue weighted by Gasteiger charge is -2.08. The van der Waals surface area contributed by atoms with Crippen molar-refractivity contribution in [2.45, 2.75) is 4.90 Å². The van der Waals surface area contributed by atoms with Crippen molar-refractivity contribution >= 4 is 15.5 Å². The van der Waals surface area contributed by atoms with Crippen LogP contribution >= 0.6 is 0 Å². The van der Waals surface area contributed by atoms with Crippen LogP contribution in [0.15, 0.2) is 41.3 Å². The zero-order chi connectivity index (χ0) is 14.8. The lowest BCUT2D eigenvalue weighted by atomic mass is 10.3. The van der Waals surface area contributed by atoms with Crippen molar-refractivity contribution in [1.82, 2.24) is 4.98 Å². The van der Waals surface area contributed by atoms with E-state index in [0.717, 1.165) is 6.26 Å². The van der Waals surface area contributed by atoms with Crippen molar-refractivity contribution in [1.29, 1.82) is 0 Å². The van der Waals surface area contributed by atoms with Crippen LogP contribution in [0.1, 0.15) is 0 Å². The van der Waals surface area contributed by atoms with E-state index in [0.29, 0.717) is 17.3 Å². The summed E-state index contributed by atoms with van der Waals surface area (Å²) in [5.74, 6) is 1.05. The van der Waals surface area contributed by atoms with Crippen molar-refractivity contribution in [3.63, 3.8) is 0 Å². The molecule has 0 unspecified atom stereocenters. The van der Waals surface area contributed by atoms with Crippen LogP contribution in [-0.2, 0) is 9.84 Å². The maximum atomic E-state index is 11.3. The highest BCUT2D eigenvalue weighted by molar-refractivity contribution is 7.90. The summed E-state index contributed by atoms with van der Waals surface area (Å²) in [6.45, 7) is 0. The summed E-state index contributed by atoms with van der Waals surface area (Å²) in [7, 11) is -1.75. The number of ether oxygens (including phenoxy) is 2. The Kier molecular flexibility index (Phi) is 3.80. The summed E-state index contributed by atoms with van der Waals surface area (Å²) in [6.07, 6.45) is 1.15. The molecule has 0 amide bonds. The molecule has 2 N–H and O–H groups in total. The van der Waals surface area contributed by atoms with Crippen molar-refractivity contribution < 1.29 is 17.9 Å². The Morgan fingerprint density at radius 3 is 2.30 bits per heavy atom. The molecule has 1 aromatic heterocycles. The number of nitrogens with zero attached hydrogens (tertiary/aromatic N) is 1. The summed E-state index contributed by atoms with van der Waals surface area (Å²) < 4.78 is 33.2. The SMILES string of the molecule is COc1nc(Oc2ccc(S(C)(=O)=O)cc2)ccc1N. The van der Waals surface area contributed by atoms with Crippen LogP contribution in [0.3, 0.4) is 0 Å². The highest BCUT2D eigenvalue weighted by atomic mass is 32.2. The van der Waals surface area contributed by atoms with Gasteiger partial charge in [0.15, 0.2) is 9.84 Å². The lowest BCUT2D eigenvalue weighted by molar-refractivity contribution is 0.385. The van der Waals surface area contributed by atoms with Crippen LogP contribution in [0.4, 0.5) is 5.69 Å². The van der Waals surface area contributed by atoms with E-state index in [1.165, 1.54) is 19.2 Å². The van der Waals surface area contributed by atoms with Gasteiger partial charge < -0.3 is 15.2 Å².